The maximum Gasteiger partial charge on any atom is 0.416 e. The van der Waals surface area contributed by atoms with E-state index >= 15 is 0 Å². The minimum atomic E-state index is -4.67. The molecule has 3 aromatic rings. The van der Waals surface area contributed by atoms with Crippen LogP contribution in [0.2, 0.25) is 0 Å². The Hall–Kier alpha value is -3.36. The Morgan fingerprint density at radius 1 is 1.08 bits per heavy atom. The predicted molar refractivity (Wildman–Crippen MR) is 83.5 cm³/mol. The lowest BCUT2D eigenvalue weighted by Gasteiger charge is -2.10. The molecule has 0 saturated heterocycles. The van der Waals surface area contributed by atoms with Crippen LogP contribution in [-0.4, -0.2) is 11.0 Å². The van der Waals surface area contributed by atoms with Crippen LogP contribution in [0, 0.1) is 5.82 Å². The van der Waals surface area contributed by atoms with Crippen LogP contribution in [0.5, 0.6) is 5.75 Å². The molecule has 134 valence electrons. The zero-order valence-electron chi connectivity index (χ0n) is 12.7. The van der Waals surface area contributed by atoms with E-state index in [0.717, 1.165) is 18.2 Å². The average molecular weight is 367 g/mol. The second kappa shape index (κ2) is 6.17. The highest BCUT2D eigenvalue weighted by Gasteiger charge is 2.31. The van der Waals surface area contributed by atoms with Crippen LogP contribution in [0.4, 0.5) is 23.2 Å². The number of benzene rings is 2. The molecule has 5 nitrogen and oxygen atoms in total. The Kier molecular flexibility index (Phi) is 4.15. The SMILES string of the molecule is O=C(Nc1ccc(F)cc1)c1c(O)c2ccc(C(F)(F)F)cc2oc1=O. The molecule has 0 aliphatic rings. The fourth-order valence-electron chi connectivity index (χ4n) is 2.29. The van der Waals surface area contributed by atoms with Crippen molar-refractivity contribution in [2.24, 2.45) is 0 Å². The second-order valence-corrected chi connectivity index (χ2v) is 5.28. The van der Waals surface area contributed by atoms with E-state index in [0.29, 0.717) is 12.1 Å². The fourth-order valence-corrected chi connectivity index (χ4v) is 2.29. The maximum absolute atomic E-state index is 12.9. The molecule has 0 fully saturated rings. The average Bonchev–Trinajstić information content (AvgIpc) is 2.55. The number of amides is 1. The zero-order chi connectivity index (χ0) is 19.1. The summed E-state index contributed by atoms with van der Waals surface area (Å²) in [6, 6.07) is 6.71. The van der Waals surface area contributed by atoms with Crippen molar-refractivity contribution in [1.82, 2.24) is 0 Å². The van der Waals surface area contributed by atoms with E-state index < -0.39 is 46.0 Å². The molecule has 0 spiro atoms. The highest BCUT2D eigenvalue weighted by atomic mass is 19.4. The number of carbonyl (C=O) groups is 1. The van der Waals surface area contributed by atoms with E-state index in [-0.39, 0.29) is 11.1 Å². The predicted octanol–water partition coefficient (Wildman–Crippen LogP) is 3.91. The lowest BCUT2D eigenvalue weighted by atomic mass is 10.1. The zero-order valence-corrected chi connectivity index (χ0v) is 12.7. The third-order valence-electron chi connectivity index (χ3n) is 3.54. The van der Waals surface area contributed by atoms with Crippen LogP contribution in [0.25, 0.3) is 11.0 Å². The summed E-state index contributed by atoms with van der Waals surface area (Å²) in [7, 11) is 0. The molecule has 0 atom stereocenters. The van der Waals surface area contributed by atoms with Crippen molar-refractivity contribution in [3.8, 4) is 5.75 Å². The topological polar surface area (TPSA) is 79.5 Å². The molecule has 0 bridgehead atoms. The Morgan fingerprint density at radius 3 is 2.35 bits per heavy atom. The summed E-state index contributed by atoms with van der Waals surface area (Å²) in [5, 5.41) is 12.2. The van der Waals surface area contributed by atoms with Crippen molar-refractivity contribution in [3.05, 3.63) is 69.8 Å². The van der Waals surface area contributed by atoms with E-state index in [1.54, 1.807) is 0 Å². The van der Waals surface area contributed by atoms with Crippen LogP contribution in [-0.2, 0) is 6.18 Å². The minimum Gasteiger partial charge on any atom is -0.506 e. The summed E-state index contributed by atoms with van der Waals surface area (Å²) in [6.07, 6.45) is -4.67. The molecule has 9 heteroatoms. The maximum atomic E-state index is 12.9. The first-order chi connectivity index (χ1) is 12.2. The summed E-state index contributed by atoms with van der Waals surface area (Å²) in [6.45, 7) is 0. The first-order valence-electron chi connectivity index (χ1n) is 7.11. The highest BCUT2D eigenvalue weighted by Crippen LogP contribution is 2.34. The van der Waals surface area contributed by atoms with Gasteiger partial charge in [0.15, 0.2) is 5.56 Å². The van der Waals surface area contributed by atoms with Crippen molar-refractivity contribution in [2.75, 3.05) is 5.32 Å². The molecule has 26 heavy (non-hydrogen) atoms. The van der Waals surface area contributed by atoms with Crippen LogP contribution >= 0.6 is 0 Å². The van der Waals surface area contributed by atoms with Crippen LogP contribution in [0.15, 0.2) is 51.7 Å². The second-order valence-electron chi connectivity index (χ2n) is 5.28. The van der Waals surface area contributed by atoms with Gasteiger partial charge in [-0.3, -0.25) is 4.79 Å². The molecule has 1 amide bonds. The van der Waals surface area contributed by atoms with Gasteiger partial charge in [0, 0.05) is 5.69 Å². The minimum absolute atomic E-state index is 0.141. The normalized spacial score (nSPS) is 11.5. The van der Waals surface area contributed by atoms with Gasteiger partial charge in [-0.2, -0.15) is 13.2 Å². The molecule has 2 aromatic carbocycles. The fraction of sp³-hybridized carbons (Fsp3) is 0.0588. The number of hydrogen-bond donors (Lipinski definition) is 2. The highest BCUT2D eigenvalue weighted by molar-refractivity contribution is 6.08. The van der Waals surface area contributed by atoms with Gasteiger partial charge in [-0.25, -0.2) is 9.18 Å². The van der Waals surface area contributed by atoms with Crippen molar-refractivity contribution in [3.63, 3.8) is 0 Å². The summed E-state index contributed by atoms with van der Waals surface area (Å²) in [5.41, 5.74) is -3.53. The largest absolute Gasteiger partial charge is 0.506 e. The molecular weight excluding hydrogens is 358 g/mol. The molecule has 1 aromatic heterocycles. The third-order valence-corrected chi connectivity index (χ3v) is 3.54. The molecule has 0 aliphatic heterocycles. The first-order valence-corrected chi connectivity index (χ1v) is 7.11. The molecule has 1 heterocycles. The van der Waals surface area contributed by atoms with Gasteiger partial charge in [-0.05, 0) is 42.5 Å². The lowest BCUT2D eigenvalue weighted by Crippen LogP contribution is -2.21. The van der Waals surface area contributed by atoms with E-state index in [1.807, 2.05) is 0 Å². The number of alkyl halides is 3. The number of fused-ring (bicyclic) bond motifs is 1. The quantitative estimate of drug-likeness (QED) is 0.532. The number of hydrogen-bond acceptors (Lipinski definition) is 4. The monoisotopic (exact) mass is 367 g/mol. The summed E-state index contributed by atoms with van der Waals surface area (Å²) < 4.78 is 55.8. The van der Waals surface area contributed by atoms with Crippen molar-refractivity contribution < 1.29 is 31.9 Å². The van der Waals surface area contributed by atoms with Crippen molar-refractivity contribution in [2.45, 2.75) is 6.18 Å². The van der Waals surface area contributed by atoms with Gasteiger partial charge in [0.2, 0.25) is 0 Å². The van der Waals surface area contributed by atoms with Crippen LogP contribution in [0.1, 0.15) is 15.9 Å². The smallest absolute Gasteiger partial charge is 0.416 e. The molecule has 2 N–H and O–H groups in total. The van der Waals surface area contributed by atoms with Gasteiger partial charge in [-0.1, -0.05) is 0 Å². The van der Waals surface area contributed by atoms with Crippen molar-refractivity contribution in [1.29, 1.82) is 0 Å². The lowest BCUT2D eigenvalue weighted by molar-refractivity contribution is -0.137. The van der Waals surface area contributed by atoms with Gasteiger partial charge in [-0.15, -0.1) is 0 Å². The number of rotatable bonds is 2. The molecule has 0 radical (unpaired) electrons. The summed E-state index contributed by atoms with van der Waals surface area (Å²) in [4.78, 5) is 24.2. The first kappa shape index (κ1) is 17.5. The number of carbonyl (C=O) groups excluding carboxylic acids is 1. The van der Waals surface area contributed by atoms with Gasteiger partial charge in [0.1, 0.15) is 17.1 Å². The van der Waals surface area contributed by atoms with E-state index in [2.05, 4.69) is 5.32 Å². The van der Waals surface area contributed by atoms with E-state index in [9.17, 15) is 32.3 Å². The summed E-state index contributed by atoms with van der Waals surface area (Å²) >= 11 is 0. The number of nitrogens with one attached hydrogen (secondary N) is 1. The van der Waals surface area contributed by atoms with Gasteiger partial charge in [0.05, 0.1) is 10.9 Å². The summed E-state index contributed by atoms with van der Waals surface area (Å²) in [5.74, 6) is -2.41. The van der Waals surface area contributed by atoms with Crippen LogP contribution < -0.4 is 10.9 Å². The Labute approximate surface area is 142 Å². The van der Waals surface area contributed by atoms with Crippen LogP contribution in [0.3, 0.4) is 0 Å². The van der Waals surface area contributed by atoms with E-state index in [4.69, 9.17) is 4.42 Å². The van der Waals surface area contributed by atoms with Gasteiger partial charge < -0.3 is 14.8 Å². The number of anilines is 1. The van der Waals surface area contributed by atoms with E-state index in [1.165, 1.54) is 12.1 Å². The number of aromatic hydroxyl groups is 1. The Bertz CT molecular complexity index is 1060. The molecule has 3 rings (SSSR count). The molecular formula is C17H9F4NO4. The standard InChI is InChI=1S/C17H9F4NO4/c18-9-2-4-10(5-3-9)22-15(24)13-14(23)11-6-1-8(17(19,20)21)7-12(11)26-16(13)25/h1-7,23H,(H,22,24). The molecule has 0 unspecified atom stereocenters. The number of halogens is 4. The third kappa shape index (κ3) is 3.23. The van der Waals surface area contributed by atoms with Crippen molar-refractivity contribution >= 4 is 22.6 Å². The Balaban J connectivity index is 2.05. The van der Waals surface area contributed by atoms with Gasteiger partial charge in [0.25, 0.3) is 5.91 Å². The molecule has 0 saturated carbocycles. The van der Waals surface area contributed by atoms with Gasteiger partial charge >= 0.3 is 11.8 Å². The Morgan fingerprint density at radius 2 is 1.73 bits per heavy atom. The molecule has 0 aliphatic carbocycles.